The number of benzene rings is 1. The minimum Gasteiger partial charge on any atom is -0.497 e. The van der Waals surface area contributed by atoms with Gasteiger partial charge in [0.15, 0.2) is 28.7 Å². The summed E-state index contributed by atoms with van der Waals surface area (Å²) in [6.07, 6.45) is 5.34. The van der Waals surface area contributed by atoms with Crippen LogP contribution < -0.4 is 13.3 Å². The van der Waals surface area contributed by atoms with Crippen LogP contribution >= 0.6 is 23.0 Å². The highest BCUT2D eigenvalue weighted by Gasteiger charge is 2.17. The number of aromatic nitrogens is 5. The Labute approximate surface area is 199 Å². The van der Waals surface area contributed by atoms with E-state index < -0.39 is 5.60 Å². The van der Waals surface area contributed by atoms with E-state index >= 15 is 0 Å². The van der Waals surface area contributed by atoms with Crippen LogP contribution in [0.3, 0.4) is 0 Å². The zero-order valence-electron chi connectivity index (χ0n) is 18.2. The van der Waals surface area contributed by atoms with E-state index in [0.717, 1.165) is 5.56 Å². The Balaban J connectivity index is 1.96. The molecule has 9 nitrogen and oxygen atoms in total. The largest absolute Gasteiger partial charge is 0.497 e. The van der Waals surface area contributed by atoms with E-state index in [9.17, 15) is 5.11 Å². The molecule has 0 aliphatic heterocycles. The van der Waals surface area contributed by atoms with Crippen LogP contribution in [0.5, 0.6) is 11.5 Å². The summed E-state index contributed by atoms with van der Waals surface area (Å²) in [4.78, 5) is 14.2. The van der Waals surface area contributed by atoms with E-state index in [1.54, 1.807) is 44.1 Å². The quantitative estimate of drug-likeness (QED) is 0.372. The summed E-state index contributed by atoms with van der Waals surface area (Å²) in [6, 6.07) is 9.13. The SMILES string of the molecule is COc1cc(N=c2ccc3ncc(-c4cnn(C)c4)nc3n2CC(C)(C)O)cc(OI)c1. The first-order valence-corrected chi connectivity index (χ1v) is 10.7. The fourth-order valence-corrected chi connectivity index (χ4v) is 3.56. The van der Waals surface area contributed by atoms with Gasteiger partial charge in [0.2, 0.25) is 0 Å². The number of hydrogen-bond donors (Lipinski definition) is 1. The van der Waals surface area contributed by atoms with Crippen molar-refractivity contribution in [1.29, 1.82) is 0 Å². The van der Waals surface area contributed by atoms with Gasteiger partial charge in [0.25, 0.3) is 0 Å². The van der Waals surface area contributed by atoms with Crippen molar-refractivity contribution in [2.45, 2.75) is 26.0 Å². The molecule has 0 amide bonds. The number of rotatable bonds is 6. The molecule has 0 bridgehead atoms. The smallest absolute Gasteiger partial charge is 0.192 e. The molecule has 0 radical (unpaired) electrons. The molecule has 0 spiro atoms. The molecule has 1 N–H and O–H groups in total. The summed E-state index contributed by atoms with van der Waals surface area (Å²) < 4.78 is 14.3. The first-order chi connectivity index (χ1) is 15.3. The van der Waals surface area contributed by atoms with Gasteiger partial charge in [-0.1, -0.05) is 0 Å². The Hall–Kier alpha value is -2.99. The Morgan fingerprint density at radius 3 is 2.59 bits per heavy atom. The van der Waals surface area contributed by atoms with Crippen molar-refractivity contribution in [1.82, 2.24) is 24.3 Å². The number of hydrogen-bond acceptors (Lipinski definition) is 7. The number of ether oxygens (including phenoxy) is 1. The third kappa shape index (κ3) is 4.91. The number of aliphatic hydroxyl groups is 1. The Morgan fingerprint density at radius 2 is 1.94 bits per heavy atom. The van der Waals surface area contributed by atoms with Crippen molar-refractivity contribution < 1.29 is 12.9 Å². The van der Waals surface area contributed by atoms with Crippen molar-refractivity contribution >= 4 is 39.9 Å². The van der Waals surface area contributed by atoms with Gasteiger partial charge < -0.3 is 17.5 Å². The van der Waals surface area contributed by atoms with E-state index in [-0.39, 0.29) is 6.54 Å². The van der Waals surface area contributed by atoms with Crippen molar-refractivity contribution in [3.63, 3.8) is 0 Å². The first kappa shape index (κ1) is 22.2. The third-order valence-corrected chi connectivity index (χ3v) is 5.19. The van der Waals surface area contributed by atoms with Crippen molar-refractivity contribution in [3.8, 4) is 22.8 Å². The van der Waals surface area contributed by atoms with E-state index in [1.165, 1.54) is 0 Å². The van der Waals surface area contributed by atoms with Crippen LogP contribution in [0.2, 0.25) is 0 Å². The maximum Gasteiger partial charge on any atom is 0.192 e. The average molecular weight is 546 g/mol. The highest BCUT2D eigenvalue weighted by Crippen LogP contribution is 2.28. The maximum atomic E-state index is 10.6. The third-order valence-electron chi connectivity index (χ3n) is 4.68. The molecule has 0 fully saturated rings. The number of fused-ring (bicyclic) bond motifs is 1. The topological polar surface area (TPSA) is 99.6 Å². The molecule has 10 heteroatoms. The predicted octanol–water partition coefficient (Wildman–Crippen LogP) is 3.57. The molecule has 3 heterocycles. The Bertz CT molecular complexity index is 1320. The molecule has 1 aromatic carbocycles. The van der Waals surface area contributed by atoms with Crippen LogP contribution in [0.25, 0.3) is 22.4 Å². The molecule has 0 saturated heterocycles. The van der Waals surface area contributed by atoms with Crippen molar-refractivity contribution in [2.24, 2.45) is 12.0 Å². The molecule has 0 saturated carbocycles. The molecule has 4 aromatic rings. The molecule has 166 valence electrons. The molecular formula is C22H23IN6O3. The van der Waals surface area contributed by atoms with Gasteiger partial charge in [-0.15, -0.1) is 0 Å². The lowest BCUT2D eigenvalue weighted by atomic mass is 10.1. The highest BCUT2D eigenvalue weighted by molar-refractivity contribution is 14.1. The van der Waals surface area contributed by atoms with Crippen LogP contribution in [-0.2, 0) is 13.6 Å². The molecule has 3 aromatic heterocycles. The average Bonchev–Trinajstić information content (AvgIpc) is 3.20. The summed E-state index contributed by atoms with van der Waals surface area (Å²) in [7, 11) is 3.45. The van der Waals surface area contributed by atoms with Crippen LogP contribution in [-0.4, -0.2) is 42.1 Å². The number of nitrogens with zero attached hydrogens (tertiary/aromatic N) is 6. The second-order valence-electron chi connectivity index (χ2n) is 8.01. The van der Waals surface area contributed by atoms with Gasteiger partial charge in [0.1, 0.15) is 22.5 Å². The predicted molar refractivity (Wildman–Crippen MR) is 129 cm³/mol. The minimum absolute atomic E-state index is 0.272. The van der Waals surface area contributed by atoms with Gasteiger partial charge >= 0.3 is 0 Å². The number of pyridine rings is 1. The van der Waals surface area contributed by atoms with Crippen LogP contribution in [0, 0.1) is 0 Å². The zero-order chi connectivity index (χ0) is 22.9. The standard InChI is InChI=1S/C22H23IN6O3/c1-22(2,30)13-29-20(26-15-7-16(31-4)9-17(8-15)32-23)6-5-18-21(29)27-19(11-24-18)14-10-25-28(3)12-14/h5-12,30H,13H2,1-4H3. The van der Waals surface area contributed by atoms with Crippen LogP contribution in [0.15, 0.2) is 53.9 Å². The first-order valence-electron chi connectivity index (χ1n) is 9.86. The van der Waals surface area contributed by atoms with E-state index in [0.29, 0.717) is 39.5 Å². The minimum atomic E-state index is -1.000. The second-order valence-corrected chi connectivity index (χ2v) is 8.45. The molecule has 0 aliphatic carbocycles. The van der Waals surface area contributed by atoms with Crippen LogP contribution in [0.1, 0.15) is 13.8 Å². The summed E-state index contributed by atoms with van der Waals surface area (Å²) in [5.41, 5.74) is 3.12. The Kier molecular flexibility index (Phi) is 6.15. The normalized spacial score (nSPS) is 12.4. The van der Waals surface area contributed by atoms with Gasteiger partial charge in [0, 0.05) is 37.0 Å². The molecule has 0 atom stereocenters. The van der Waals surface area contributed by atoms with Crippen molar-refractivity contribution in [2.75, 3.05) is 7.11 Å². The van der Waals surface area contributed by atoms with Gasteiger partial charge in [-0.05, 0) is 26.0 Å². The van der Waals surface area contributed by atoms with Crippen LogP contribution in [0.4, 0.5) is 5.69 Å². The fraction of sp³-hybridized carbons (Fsp3) is 0.273. The Morgan fingerprint density at radius 1 is 1.16 bits per heavy atom. The number of aryl methyl sites for hydroxylation is 1. The molecule has 32 heavy (non-hydrogen) atoms. The lowest BCUT2D eigenvalue weighted by molar-refractivity contribution is 0.0614. The fourth-order valence-electron chi connectivity index (χ4n) is 3.31. The van der Waals surface area contributed by atoms with Gasteiger partial charge in [0.05, 0.1) is 43.0 Å². The van der Waals surface area contributed by atoms with Crippen molar-refractivity contribution in [3.05, 3.63) is 54.4 Å². The molecular weight excluding hydrogens is 523 g/mol. The second kappa shape index (κ2) is 8.87. The molecule has 0 unspecified atom stereocenters. The summed E-state index contributed by atoms with van der Waals surface area (Å²) >= 11 is 1.82. The molecule has 4 rings (SSSR count). The summed E-state index contributed by atoms with van der Waals surface area (Å²) in [5.74, 6) is 1.25. The number of halogens is 1. The molecule has 0 aliphatic rings. The van der Waals surface area contributed by atoms with E-state index in [4.69, 9.17) is 17.8 Å². The number of methoxy groups -OCH3 is 1. The monoisotopic (exact) mass is 546 g/mol. The lowest BCUT2D eigenvalue weighted by Crippen LogP contribution is -2.33. The lowest BCUT2D eigenvalue weighted by Gasteiger charge is -2.21. The van der Waals surface area contributed by atoms with E-state index in [2.05, 4.69) is 10.1 Å². The summed E-state index contributed by atoms with van der Waals surface area (Å²) in [6.45, 7) is 3.76. The summed E-state index contributed by atoms with van der Waals surface area (Å²) in [5, 5.41) is 14.8. The van der Waals surface area contributed by atoms with E-state index in [1.807, 2.05) is 65.1 Å². The van der Waals surface area contributed by atoms with Gasteiger partial charge in [-0.2, -0.15) is 5.10 Å². The van der Waals surface area contributed by atoms with Gasteiger partial charge in [-0.3, -0.25) is 9.67 Å². The zero-order valence-corrected chi connectivity index (χ0v) is 20.3. The maximum absolute atomic E-state index is 10.6. The highest BCUT2D eigenvalue weighted by atomic mass is 127. The van der Waals surface area contributed by atoms with Gasteiger partial charge in [-0.25, -0.2) is 9.98 Å².